The summed E-state index contributed by atoms with van der Waals surface area (Å²) >= 11 is 0. The van der Waals surface area contributed by atoms with E-state index in [0.717, 1.165) is 29.5 Å². The van der Waals surface area contributed by atoms with Gasteiger partial charge in [-0.05, 0) is 36.8 Å². The molecule has 1 aliphatic rings. The van der Waals surface area contributed by atoms with Crippen LogP contribution < -0.4 is 0 Å². The number of esters is 1. The SMILES string of the molecule is Cc1ccc(C(C(=O)OCc2ccccc2)C(O)C2CC2)cc1. The fraction of sp³-hybridized carbons (Fsp3) is 0.350. The van der Waals surface area contributed by atoms with E-state index in [2.05, 4.69) is 0 Å². The number of hydrogen-bond acceptors (Lipinski definition) is 3. The zero-order valence-corrected chi connectivity index (χ0v) is 13.3. The van der Waals surface area contributed by atoms with Crippen LogP contribution in [-0.4, -0.2) is 17.2 Å². The number of rotatable bonds is 6. The van der Waals surface area contributed by atoms with Crippen molar-refractivity contribution in [1.82, 2.24) is 0 Å². The molecule has 0 amide bonds. The van der Waals surface area contributed by atoms with Crippen LogP contribution in [0.2, 0.25) is 0 Å². The van der Waals surface area contributed by atoms with Crippen LogP contribution in [0.1, 0.15) is 35.4 Å². The topological polar surface area (TPSA) is 46.5 Å². The highest BCUT2D eigenvalue weighted by molar-refractivity contribution is 5.79. The molecule has 2 aromatic carbocycles. The van der Waals surface area contributed by atoms with Gasteiger partial charge in [-0.25, -0.2) is 0 Å². The molecule has 0 spiro atoms. The molecule has 3 rings (SSSR count). The second-order valence-electron chi connectivity index (χ2n) is 6.31. The van der Waals surface area contributed by atoms with E-state index in [0.29, 0.717) is 0 Å². The van der Waals surface area contributed by atoms with Crippen molar-refractivity contribution in [3.63, 3.8) is 0 Å². The van der Waals surface area contributed by atoms with E-state index >= 15 is 0 Å². The first-order valence-electron chi connectivity index (χ1n) is 8.10. The van der Waals surface area contributed by atoms with Crippen LogP contribution in [0, 0.1) is 12.8 Å². The Hall–Kier alpha value is -2.13. The first kappa shape index (κ1) is 15.8. The fourth-order valence-corrected chi connectivity index (χ4v) is 2.77. The molecular formula is C20H22O3. The Morgan fingerprint density at radius 2 is 1.78 bits per heavy atom. The van der Waals surface area contributed by atoms with Crippen molar-refractivity contribution in [2.24, 2.45) is 5.92 Å². The molecule has 1 fully saturated rings. The van der Waals surface area contributed by atoms with E-state index in [1.165, 1.54) is 0 Å². The predicted molar refractivity (Wildman–Crippen MR) is 88.9 cm³/mol. The summed E-state index contributed by atoms with van der Waals surface area (Å²) in [6, 6.07) is 17.4. The van der Waals surface area contributed by atoms with Crippen LogP contribution in [0.25, 0.3) is 0 Å². The average Bonchev–Trinajstić information content (AvgIpc) is 3.41. The van der Waals surface area contributed by atoms with E-state index < -0.39 is 12.0 Å². The molecule has 23 heavy (non-hydrogen) atoms. The van der Waals surface area contributed by atoms with E-state index in [4.69, 9.17) is 4.74 Å². The molecule has 3 heteroatoms. The minimum atomic E-state index is -0.666. The van der Waals surface area contributed by atoms with Crippen LogP contribution >= 0.6 is 0 Å². The van der Waals surface area contributed by atoms with E-state index in [1.807, 2.05) is 61.5 Å². The number of carbonyl (C=O) groups excluding carboxylic acids is 1. The number of carbonyl (C=O) groups is 1. The van der Waals surface area contributed by atoms with Crippen molar-refractivity contribution in [1.29, 1.82) is 0 Å². The second kappa shape index (κ2) is 6.97. The van der Waals surface area contributed by atoms with Gasteiger partial charge in [0, 0.05) is 0 Å². The Morgan fingerprint density at radius 1 is 1.13 bits per heavy atom. The monoisotopic (exact) mass is 310 g/mol. The average molecular weight is 310 g/mol. The predicted octanol–water partition coefficient (Wildman–Crippen LogP) is 3.59. The summed E-state index contributed by atoms with van der Waals surface area (Å²) in [4.78, 5) is 12.6. The first-order chi connectivity index (χ1) is 11.1. The summed E-state index contributed by atoms with van der Waals surface area (Å²) in [5.74, 6) is -0.741. The lowest BCUT2D eigenvalue weighted by Crippen LogP contribution is -2.29. The molecule has 2 atom stereocenters. The minimum Gasteiger partial charge on any atom is -0.460 e. The van der Waals surface area contributed by atoms with Crippen LogP contribution in [0.15, 0.2) is 54.6 Å². The number of aliphatic hydroxyl groups is 1. The Bertz CT molecular complexity index is 644. The van der Waals surface area contributed by atoms with Gasteiger partial charge in [0.1, 0.15) is 12.5 Å². The molecule has 0 aromatic heterocycles. The Labute approximate surface area is 136 Å². The van der Waals surface area contributed by atoms with Crippen molar-refractivity contribution >= 4 is 5.97 Å². The van der Waals surface area contributed by atoms with Gasteiger partial charge in [0.25, 0.3) is 0 Å². The molecule has 0 heterocycles. The Balaban J connectivity index is 1.74. The molecule has 0 aliphatic heterocycles. The Kier molecular flexibility index (Phi) is 4.77. The lowest BCUT2D eigenvalue weighted by Gasteiger charge is -2.22. The van der Waals surface area contributed by atoms with Crippen molar-refractivity contribution in [2.45, 2.75) is 38.4 Å². The standard InChI is InChI=1S/C20H22O3/c1-14-7-9-16(10-8-14)18(19(21)17-11-12-17)20(22)23-13-15-5-3-2-4-6-15/h2-10,17-19,21H,11-13H2,1H3. The van der Waals surface area contributed by atoms with Gasteiger partial charge in [0.05, 0.1) is 6.10 Å². The number of ether oxygens (including phenoxy) is 1. The van der Waals surface area contributed by atoms with Gasteiger partial charge in [-0.15, -0.1) is 0 Å². The molecule has 0 saturated heterocycles. The second-order valence-corrected chi connectivity index (χ2v) is 6.31. The number of benzene rings is 2. The van der Waals surface area contributed by atoms with Crippen LogP contribution in [0.5, 0.6) is 0 Å². The largest absolute Gasteiger partial charge is 0.460 e. The molecule has 120 valence electrons. The molecule has 0 bridgehead atoms. The minimum absolute atomic E-state index is 0.213. The molecule has 1 aliphatic carbocycles. The van der Waals surface area contributed by atoms with Gasteiger partial charge in [0.15, 0.2) is 0 Å². The third-order valence-corrected chi connectivity index (χ3v) is 4.36. The van der Waals surface area contributed by atoms with E-state index in [1.54, 1.807) is 0 Å². The van der Waals surface area contributed by atoms with Crippen molar-refractivity contribution in [3.05, 3.63) is 71.3 Å². The normalized spacial score (nSPS) is 16.6. The molecule has 0 radical (unpaired) electrons. The highest BCUT2D eigenvalue weighted by Crippen LogP contribution is 2.39. The number of aryl methyl sites for hydroxylation is 1. The smallest absolute Gasteiger partial charge is 0.316 e. The summed E-state index contributed by atoms with van der Waals surface area (Å²) in [5, 5.41) is 10.5. The number of hydrogen-bond donors (Lipinski definition) is 1. The molecule has 3 nitrogen and oxygen atoms in total. The lowest BCUT2D eigenvalue weighted by atomic mass is 9.90. The fourth-order valence-electron chi connectivity index (χ4n) is 2.77. The summed E-state index contributed by atoms with van der Waals surface area (Å²) in [6.07, 6.45) is 1.30. The molecular weight excluding hydrogens is 288 g/mol. The third-order valence-electron chi connectivity index (χ3n) is 4.36. The van der Waals surface area contributed by atoms with Crippen LogP contribution in [-0.2, 0) is 16.1 Å². The van der Waals surface area contributed by atoms with Crippen molar-refractivity contribution in [3.8, 4) is 0 Å². The van der Waals surface area contributed by atoms with Gasteiger partial charge in [-0.1, -0.05) is 60.2 Å². The van der Waals surface area contributed by atoms with Crippen LogP contribution in [0.3, 0.4) is 0 Å². The van der Waals surface area contributed by atoms with Gasteiger partial charge in [0.2, 0.25) is 0 Å². The van der Waals surface area contributed by atoms with Gasteiger partial charge < -0.3 is 9.84 Å². The first-order valence-corrected chi connectivity index (χ1v) is 8.10. The molecule has 2 unspecified atom stereocenters. The van der Waals surface area contributed by atoms with E-state index in [9.17, 15) is 9.90 Å². The van der Waals surface area contributed by atoms with Gasteiger partial charge in [-0.2, -0.15) is 0 Å². The highest BCUT2D eigenvalue weighted by atomic mass is 16.5. The summed E-state index contributed by atoms with van der Waals surface area (Å²) in [5.41, 5.74) is 2.91. The quantitative estimate of drug-likeness (QED) is 0.829. The lowest BCUT2D eigenvalue weighted by molar-refractivity contribution is -0.150. The maximum atomic E-state index is 12.6. The summed E-state index contributed by atoms with van der Waals surface area (Å²) in [7, 11) is 0. The van der Waals surface area contributed by atoms with Crippen LogP contribution in [0.4, 0.5) is 0 Å². The maximum Gasteiger partial charge on any atom is 0.316 e. The maximum absolute atomic E-state index is 12.6. The number of aliphatic hydroxyl groups excluding tert-OH is 1. The zero-order chi connectivity index (χ0) is 16.2. The highest BCUT2D eigenvalue weighted by Gasteiger charge is 2.40. The molecule has 2 aromatic rings. The van der Waals surface area contributed by atoms with E-state index in [-0.39, 0.29) is 18.5 Å². The zero-order valence-electron chi connectivity index (χ0n) is 13.3. The summed E-state index contributed by atoms with van der Waals surface area (Å²) < 4.78 is 5.48. The summed E-state index contributed by atoms with van der Waals surface area (Å²) in [6.45, 7) is 2.24. The molecule has 1 saturated carbocycles. The Morgan fingerprint density at radius 3 is 2.39 bits per heavy atom. The van der Waals surface area contributed by atoms with Crippen molar-refractivity contribution in [2.75, 3.05) is 0 Å². The van der Waals surface area contributed by atoms with Gasteiger partial charge >= 0.3 is 5.97 Å². The van der Waals surface area contributed by atoms with Gasteiger partial charge in [-0.3, -0.25) is 4.79 Å². The molecule has 1 N–H and O–H groups in total. The third kappa shape index (κ3) is 3.99. The van der Waals surface area contributed by atoms with Crippen molar-refractivity contribution < 1.29 is 14.6 Å².